The molecule has 0 spiro atoms. The van der Waals surface area contributed by atoms with Crippen molar-refractivity contribution in [2.45, 2.75) is 39.0 Å². The summed E-state index contributed by atoms with van der Waals surface area (Å²) in [5.74, 6) is 2.08. The number of phenols is 1. The second-order valence-electron chi connectivity index (χ2n) is 5.64. The summed E-state index contributed by atoms with van der Waals surface area (Å²) in [4.78, 5) is 0. The van der Waals surface area contributed by atoms with Crippen LogP contribution in [0.25, 0.3) is 0 Å². The van der Waals surface area contributed by atoms with Crippen molar-refractivity contribution in [3.63, 3.8) is 0 Å². The third kappa shape index (κ3) is 2.66. The highest BCUT2D eigenvalue weighted by molar-refractivity contribution is 5.83. The van der Waals surface area contributed by atoms with Crippen molar-refractivity contribution in [2.75, 3.05) is 0 Å². The molecule has 3 heteroatoms. The maximum atomic E-state index is 10.2. The number of nitrogens with zero attached hydrogens (tertiary/aromatic N) is 1. The normalized spacial score (nSPS) is 28.7. The Bertz CT molecular complexity index is 432. The van der Waals surface area contributed by atoms with E-state index >= 15 is 0 Å². The van der Waals surface area contributed by atoms with Crippen LogP contribution in [0.3, 0.4) is 0 Å². The molecule has 1 aliphatic rings. The highest BCUT2D eigenvalue weighted by Crippen LogP contribution is 2.42. The highest BCUT2D eigenvalue weighted by atomic mass is 16.4. The van der Waals surface area contributed by atoms with Gasteiger partial charge in [-0.1, -0.05) is 31.1 Å². The van der Waals surface area contributed by atoms with Crippen molar-refractivity contribution < 1.29 is 10.3 Å². The summed E-state index contributed by atoms with van der Waals surface area (Å²) in [6.45, 7) is 4.55. The van der Waals surface area contributed by atoms with Crippen molar-refractivity contribution in [3.8, 4) is 5.75 Å². The highest BCUT2D eigenvalue weighted by Gasteiger charge is 2.27. The number of benzene rings is 1. The molecule has 1 aromatic rings. The molecule has 98 valence electrons. The summed E-state index contributed by atoms with van der Waals surface area (Å²) in [7, 11) is 0. The lowest BCUT2D eigenvalue weighted by Crippen LogP contribution is -2.18. The first-order valence-electron chi connectivity index (χ1n) is 6.61. The van der Waals surface area contributed by atoms with Crippen LogP contribution >= 0.6 is 0 Å². The van der Waals surface area contributed by atoms with Gasteiger partial charge in [0.15, 0.2) is 0 Å². The molecule has 0 heterocycles. The van der Waals surface area contributed by atoms with Crippen molar-refractivity contribution in [1.29, 1.82) is 0 Å². The largest absolute Gasteiger partial charge is 0.507 e. The lowest BCUT2D eigenvalue weighted by atomic mass is 9.73. The first kappa shape index (κ1) is 12.9. The van der Waals surface area contributed by atoms with Gasteiger partial charge < -0.3 is 10.3 Å². The van der Waals surface area contributed by atoms with E-state index in [1.807, 2.05) is 12.1 Å². The SMILES string of the molecule is CC1CC(C)CC(c2cccc(/C=N/O)c2O)C1. The monoisotopic (exact) mass is 247 g/mol. The van der Waals surface area contributed by atoms with E-state index in [9.17, 15) is 5.11 Å². The number of phenolic OH excluding ortho intramolecular Hbond substituents is 1. The van der Waals surface area contributed by atoms with E-state index in [0.29, 0.717) is 23.3 Å². The molecule has 2 N–H and O–H groups in total. The van der Waals surface area contributed by atoms with E-state index in [4.69, 9.17) is 5.21 Å². The molecule has 0 radical (unpaired) electrons. The topological polar surface area (TPSA) is 52.8 Å². The van der Waals surface area contributed by atoms with Crippen molar-refractivity contribution in [2.24, 2.45) is 17.0 Å². The fraction of sp³-hybridized carbons (Fsp3) is 0.533. The van der Waals surface area contributed by atoms with Gasteiger partial charge in [0.25, 0.3) is 0 Å². The molecule has 2 rings (SSSR count). The van der Waals surface area contributed by atoms with Crippen LogP contribution < -0.4 is 0 Å². The number of hydrogen-bond acceptors (Lipinski definition) is 3. The van der Waals surface area contributed by atoms with Gasteiger partial charge >= 0.3 is 0 Å². The summed E-state index contributed by atoms with van der Waals surface area (Å²) in [5, 5.41) is 21.8. The number of hydrogen-bond donors (Lipinski definition) is 2. The minimum absolute atomic E-state index is 0.265. The molecule has 0 saturated heterocycles. The molecule has 0 amide bonds. The quantitative estimate of drug-likeness (QED) is 0.475. The molecule has 2 atom stereocenters. The molecule has 1 fully saturated rings. The fourth-order valence-corrected chi connectivity index (χ4v) is 3.28. The van der Waals surface area contributed by atoms with E-state index < -0.39 is 0 Å². The van der Waals surface area contributed by atoms with Gasteiger partial charge in [-0.3, -0.25) is 0 Å². The van der Waals surface area contributed by atoms with Crippen LogP contribution in [0.1, 0.15) is 50.2 Å². The Morgan fingerprint density at radius 1 is 1.17 bits per heavy atom. The van der Waals surface area contributed by atoms with Gasteiger partial charge in [0.05, 0.1) is 6.21 Å². The molecule has 3 nitrogen and oxygen atoms in total. The zero-order valence-corrected chi connectivity index (χ0v) is 11.0. The molecule has 0 aliphatic heterocycles. The predicted molar refractivity (Wildman–Crippen MR) is 72.4 cm³/mol. The van der Waals surface area contributed by atoms with Crippen LogP contribution in [0.2, 0.25) is 0 Å². The molecular formula is C15H21NO2. The fourth-order valence-electron chi connectivity index (χ4n) is 3.28. The van der Waals surface area contributed by atoms with Gasteiger partial charge in [-0.15, -0.1) is 0 Å². The van der Waals surface area contributed by atoms with Crippen LogP contribution in [-0.2, 0) is 0 Å². The molecule has 2 unspecified atom stereocenters. The maximum absolute atomic E-state index is 10.2. The Morgan fingerprint density at radius 2 is 1.83 bits per heavy atom. The van der Waals surface area contributed by atoms with E-state index in [1.54, 1.807) is 6.07 Å². The van der Waals surface area contributed by atoms with Gasteiger partial charge in [0.1, 0.15) is 5.75 Å². The van der Waals surface area contributed by atoms with E-state index in [0.717, 1.165) is 18.4 Å². The maximum Gasteiger partial charge on any atom is 0.127 e. The summed E-state index contributed by atoms with van der Waals surface area (Å²) in [5.41, 5.74) is 1.58. The van der Waals surface area contributed by atoms with Crippen LogP contribution in [0.5, 0.6) is 5.75 Å². The average Bonchev–Trinajstić information content (AvgIpc) is 2.31. The van der Waals surface area contributed by atoms with Crippen molar-refractivity contribution in [1.82, 2.24) is 0 Å². The average molecular weight is 247 g/mol. The van der Waals surface area contributed by atoms with E-state index in [1.165, 1.54) is 12.6 Å². The first-order valence-corrected chi connectivity index (χ1v) is 6.61. The minimum atomic E-state index is 0.265. The smallest absolute Gasteiger partial charge is 0.127 e. The van der Waals surface area contributed by atoms with Gasteiger partial charge in [0.2, 0.25) is 0 Å². The zero-order valence-electron chi connectivity index (χ0n) is 11.0. The molecule has 1 aliphatic carbocycles. The lowest BCUT2D eigenvalue weighted by molar-refractivity contribution is 0.265. The number of oxime groups is 1. The third-order valence-electron chi connectivity index (χ3n) is 3.91. The Balaban J connectivity index is 2.30. The summed E-state index contributed by atoms with van der Waals surface area (Å²) in [6.07, 6.45) is 4.80. The summed E-state index contributed by atoms with van der Waals surface area (Å²) >= 11 is 0. The van der Waals surface area contributed by atoms with E-state index in [2.05, 4.69) is 19.0 Å². The standard InChI is InChI=1S/C15H21NO2/c1-10-6-11(2)8-13(7-10)14-5-3-4-12(9-16-18)15(14)17/h3-5,9-11,13,17-18H,6-8H2,1-2H3/b16-9+. The molecule has 0 aromatic heterocycles. The zero-order chi connectivity index (χ0) is 13.1. The Labute approximate surface area is 108 Å². The molecular weight excluding hydrogens is 226 g/mol. The Hall–Kier alpha value is -1.51. The first-order chi connectivity index (χ1) is 8.61. The minimum Gasteiger partial charge on any atom is -0.507 e. The van der Waals surface area contributed by atoms with Gasteiger partial charge in [0, 0.05) is 5.56 Å². The second kappa shape index (κ2) is 5.42. The van der Waals surface area contributed by atoms with Gasteiger partial charge in [-0.25, -0.2) is 0 Å². The Kier molecular flexibility index (Phi) is 3.90. The van der Waals surface area contributed by atoms with E-state index in [-0.39, 0.29) is 5.75 Å². The molecule has 0 bridgehead atoms. The van der Waals surface area contributed by atoms with Crippen LogP contribution in [0, 0.1) is 11.8 Å². The molecule has 1 aromatic carbocycles. The van der Waals surface area contributed by atoms with Gasteiger partial charge in [-0.2, -0.15) is 0 Å². The van der Waals surface area contributed by atoms with Gasteiger partial charge in [-0.05, 0) is 48.6 Å². The van der Waals surface area contributed by atoms with Crippen molar-refractivity contribution >= 4 is 6.21 Å². The number of para-hydroxylation sites is 1. The van der Waals surface area contributed by atoms with Crippen LogP contribution in [0.15, 0.2) is 23.4 Å². The molecule has 18 heavy (non-hydrogen) atoms. The Morgan fingerprint density at radius 3 is 2.44 bits per heavy atom. The second-order valence-corrected chi connectivity index (χ2v) is 5.64. The van der Waals surface area contributed by atoms with Crippen molar-refractivity contribution in [3.05, 3.63) is 29.3 Å². The van der Waals surface area contributed by atoms with Crippen LogP contribution in [0.4, 0.5) is 0 Å². The summed E-state index contributed by atoms with van der Waals surface area (Å²) < 4.78 is 0. The molecule has 1 saturated carbocycles. The third-order valence-corrected chi connectivity index (χ3v) is 3.91. The number of rotatable bonds is 2. The van der Waals surface area contributed by atoms with Crippen LogP contribution in [-0.4, -0.2) is 16.5 Å². The lowest BCUT2D eigenvalue weighted by Gasteiger charge is -2.32. The predicted octanol–water partition coefficient (Wildman–Crippen LogP) is 3.74. The number of aromatic hydroxyl groups is 1. The summed E-state index contributed by atoms with van der Waals surface area (Å²) in [6, 6.07) is 5.66.